The average Bonchev–Trinajstić information content (AvgIpc) is 2.31. The van der Waals surface area contributed by atoms with E-state index < -0.39 is 11.7 Å². The van der Waals surface area contributed by atoms with Crippen LogP contribution in [-0.4, -0.2) is 0 Å². The van der Waals surface area contributed by atoms with Gasteiger partial charge in [0.25, 0.3) is 0 Å². The molecule has 0 spiro atoms. The van der Waals surface area contributed by atoms with Crippen LogP contribution in [0.3, 0.4) is 0 Å². The monoisotopic (exact) mass is 365 g/mol. The van der Waals surface area contributed by atoms with Gasteiger partial charge in [0.1, 0.15) is 11.5 Å². The van der Waals surface area contributed by atoms with Gasteiger partial charge in [0.2, 0.25) is 0 Å². The molecule has 2 rings (SSSR count). The van der Waals surface area contributed by atoms with Crippen LogP contribution in [0.15, 0.2) is 40.9 Å². The number of nitrogens with two attached hydrogens (primary N) is 1. The molecule has 0 saturated heterocycles. The predicted molar refractivity (Wildman–Crippen MR) is 75.1 cm³/mol. The van der Waals surface area contributed by atoms with Gasteiger partial charge in [0, 0.05) is 16.8 Å². The third kappa shape index (κ3) is 3.58. The fraction of sp³-hybridized carbons (Fsp3) is 0.0769. The topological polar surface area (TPSA) is 35.2 Å². The lowest BCUT2D eigenvalue weighted by Crippen LogP contribution is -2.06. The van der Waals surface area contributed by atoms with Crippen LogP contribution in [0, 0.1) is 0 Å². The van der Waals surface area contributed by atoms with Gasteiger partial charge >= 0.3 is 6.18 Å². The van der Waals surface area contributed by atoms with Crippen molar-refractivity contribution >= 4 is 33.2 Å². The van der Waals surface area contributed by atoms with Crippen molar-refractivity contribution in [2.24, 2.45) is 0 Å². The van der Waals surface area contributed by atoms with Crippen LogP contribution in [0.4, 0.5) is 18.9 Å². The molecule has 0 aliphatic rings. The maximum absolute atomic E-state index is 12.7. The number of halogens is 5. The Kier molecular flexibility index (Phi) is 4.15. The number of benzene rings is 2. The molecule has 0 fully saturated rings. The van der Waals surface area contributed by atoms with Gasteiger partial charge in [-0.05, 0) is 46.3 Å². The number of alkyl halides is 3. The highest BCUT2D eigenvalue weighted by Crippen LogP contribution is 2.37. The lowest BCUT2D eigenvalue weighted by molar-refractivity contribution is -0.137. The summed E-state index contributed by atoms with van der Waals surface area (Å²) in [7, 11) is 0. The summed E-state index contributed by atoms with van der Waals surface area (Å²) in [5.41, 5.74) is 4.57. The van der Waals surface area contributed by atoms with Crippen molar-refractivity contribution in [3.05, 3.63) is 51.5 Å². The second-order valence-electron chi connectivity index (χ2n) is 3.97. The van der Waals surface area contributed by atoms with Crippen molar-refractivity contribution in [2.75, 3.05) is 5.73 Å². The van der Waals surface area contributed by atoms with Crippen molar-refractivity contribution < 1.29 is 17.9 Å². The normalized spacial score (nSPS) is 11.4. The molecule has 106 valence electrons. The van der Waals surface area contributed by atoms with E-state index in [9.17, 15) is 13.2 Å². The van der Waals surface area contributed by atoms with Gasteiger partial charge in [-0.3, -0.25) is 0 Å². The molecule has 2 nitrogen and oxygen atoms in total. The van der Waals surface area contributed by atoms with E-state index >= 15 is 0 Å². The summed E-state index contributed by atoms with van der Waals surface area (Å²) in [6.07, 6.45) is -4.48. The van der Waals surface area contributed by atoms with Gasteiger partial charge in [-0.2, -0.15) is 13.2 Å². The van der Waals surface area contributed by atoms with E-state index in [2.05, 4.69) is 15.9 Å². The van der Waals surface area contributed by atoms with Crippen molar-refractivity contribution in [2.45, 2.75) is 6.18 Å². The van der Waals surface area contributed by atoms with E-state index in [-0.39, 0.29) is 11.4 Å². The van der Waals surface area contributed by atoms with E-state index in [1.807, 2.05) is 0 Å². The lowest BCUT2D eigenvalue weighted by atomic mass is 10.2. The Bertz CT molecular complexity index is 646. The Morgan fingerprint density at radius 2 is 1.80 bits per heavy atom. The first kappa shape index (κ1) is 15.0. The molecule has 0 aliphatic heterocycles. The second kappa shape index (κ2) is 5.54. The van der Waals surface area contributed by atoms with Gasteiger partial charge in [-0.25, -0.2) is 0 Å². The third-order valence-corrected chi connectivity index (χ3v) is 3.23. The van der Waals surface area contributed by atoms with Crippen LogP contribution in [0.25, 0.3) is 0 Å². The molecule has 0 atom stereocenters. The minimum Gasteiger partial charge on any atom is -0.456 e. The zero-order chi connectivity index (χ0) is 14.9. The van der Waals surface area contributed by atoms with E-state index in [1.165, 1.54) is 6.07 Å². The molecule has 0 heterocycles. The Hall–Kier alpha value is -1.40. The highest BCUT2D eigenvalue weighted by atomic mass is 79.9. The van der Waals surface area contributed by atoms with Crippen LogP contribution in [0.2, 0.25) is 5.02 Å². The molecular formula is C13H8BrClF3NO. The van der Waals surface area contributed by atoms with E-state index in [1.54, 1.807) is 18.2 Å². The van der Waals surface area contributed by atoms with Gasteiger partial charge in [0.15, 0.2) is 0 Å². The molecule has 2 aromatic rings. The second-order valence-corrected chi connectivity index (χ2v) is 5.26. The van der Waals surface area contributed by atoms with Crippen molar-refractivity contribution in [3.8, 4) is 11.5 Å². The SMILES string of the molecule is Nc1cc(Oc2ccc(Cl)cc2Br)cc(C(F)(F)F)c1. The quantitative estimate of drug-likeness (QED) is 0.713. The van der Waals surface area contributed by atoms with Crippen molar-refractivity contribution in [1.29, 1.82) is 0 Å². The Morgan fingerprint density at radius 1 is 1.10 bits per heavy atom. The first-order chi connectivity index (χ1) is 9.25. The molecular weight excluding hydrogens is 358 g/mol. The molecule has 0 unspecified atom stereocenters. The number of nitrogen functional groups attached to an aromatic ring is 1. The Balaban J connectivity index is 2.36. The standard InChI is InChI=1S/C13H8BrClF3NO/c14-11-5-8(15)1-2-12(11)20-10-4-7(13(16,17)18)3-9(19)6-10/h1-6H,19H2. The minimum atomic E-state index is -4.48. The Morgan fingerprint density at radius 3 is 2.40 bits per heavy atom. The maximum atomic E-state index is 12.7. The maximum Gasteiger partial charge on any atom is 0.416 e. The fourth-order valence-electron chi connectivity index (χ4n) is 1.53. The highest BCUT2D eigenvalue weighted by Gasteiger charge is 2.31. The molecule has 2 aromatic carbocycles. The predicted octanol–water partition coefficient (Wildman–Crippen LogP) is 5.50. The van der Waals surface area contributed by atoms with Gasteiger partial charge in [-0.1, -0.05) is 11.6 Å². The molecule has 0 aliphatic carbocycles. The molecule has 20 heavy (non-hydrogen) atoms. The number of anilines is 1. The summed E-state index contributed by atoms with van der Waals surface area (Å²) in [5, 5.41) is 0.479. The first-order valence-corrected chi connectivity index (χ1v) is 6.53. The summed E-state index contributed by atoms with van der Waals surface area (Å²) in [5.74, 6) is 0.341. The van der Waals surface area contributed by atoms with Crippen LogP contribution < -0.4 is 10.5 Å². The average molecular weight is 367 g/mol. The molecule has 0 bridgehead atoms. The van der Waals surface area contributed by atoms with Crippen molar-refractivity contribution in [1.82, 2.24) is 0 Å². The third-order valence-electron chi connectivity index (χ3n) is 2.38. The largest absolute Gasteiger partial charge is 0.456 e. The van der Waals surface area contributed by atoms with Crippen molar-refractivity contribution in [3.63, 3.8) is 0 Å². The van der Waals surface area contributed by atoms with Crippen LogP contribution in [0.1, 0.15) is 5.56 Å². The van der Waals surface area contributed by atoms with Gasteiger partial charge in [-0.15, -0.1) is 0 Å². The zero-order valence-corrected chi connectivity index (χ0v) is 12.2. The summed E-state index contributed by atoms with van der Waals surface area (Å²) in [6.45, 7) is 0. The van der Waals surface area contributed by atoms with Crippen LogP contribution >= 0.6 is 27.5 Å². The number of ether oxygens (including phenoxy) is 1. The molecule has 0 aromatic heterocycles. The Labute approximate surface area is 126 Å². The molecule has 0 saturated carbocycles. The van der Waals surface area contributed by atoms with Gasteiger partial charge < -0.3 is 10.5 Å². The molecule has 7 heteroatoms. The summed E-state index contributed by atoms with van der Waals surface area (Å²) in [4.78, 5) is 0. The molecule has 2 N–H and O–H groups in total. The van der Waals surface area contributed by atoms with E-state index in [0.29, 0.717) is 15.2 Å². The first-order valence-electron chi connectivity index (χ1n) is 5.36. The summed E-state index contributed by atoms with van der Waals surface area (Å²) in [6, 6.07) is 7.74. The van der Waals surface area contributed by atoms with Crippen LogP contribution in [-0.2, 0) is 6.18 Å². The lowest BCUT2D eigenvalue weighted by Gasteiger charge is -2.12. The number of rotatable bonds is 2. The van der Waals surface area contributed by atoms with E-state index in [0.717, 1.165) is 12.1 Å². The molecule has 0 radical (unpaired) electrons. The minimum absolute atomic E-state index is 0.000322. The van der Waals surface area contributed by atoms with E-state index in [4.69, 9.17) is 22.1 Å². The highest BCUT2D eigenvalue weighted by molar-refractivity contribution is 9.10. The number of hydrogen-bond acceptors (Lipinski definition) is 2. The summed E-state index contributed by atoms with van der Waals surface area (Å²) >= 11 is 8.99. The smallest absolute Gasteiger partial charge is 0.416 e. The number of hydrogen-bond donors (Lipinski definition) is 1. The zero-order valence-electron chi connectivity index (χ0n) is 9.84. The molecule has 0 amide bonds. The fourth-order valence-corrected chi connectivity index (χ4v) is 2.29. The van der Waals surface area contributed by atoms with Gasteiger partial charge in [0.05, 0.1) is 10.0 Å². The summed E-state index contributed by atoms with van der Waals surface area (Å²) < 4.78 is 44.0. The van der Waals surface area contributed by atoms with Crippen LogP contribution in [0.5, 0.6) is 11.5 Å².